The van der Waals surface area contributed by atoms with E-state index in [0.29, 0.717) is 11.6 Å². The number of likely N-dealkylation sites (tertiary alicyclic amines) is 1. The lowest BCUT2D eigenvalue weighted by molar-refractivity contribution is 0.143. The Hall–Kier alpha value is -2.95. The van der Waals surface area contributed by atoms with Crippen LogP contribution in [0.1, 0.15) is 56.7 Å². The third-order valence-electron chi connectivity index (χ3n) is 6.16. The molecule has 1 aliphatic heterocycles. The van der Waals surface area contributed by atoms with E-state index in [9.17, 15) is 5.11 Å². The molecule has 1 aliphatic carbocycles. The Morgan fingerprint density at radius 2 is 1.94 bits per heavy atom. The predicted octanol–water partition coefficient (Wildman–Crippen LogP) is 2.86. The minimum atomic E-state index is -1.07. The Morgan fingerprint density at radius 1 is 1.16 bits per heavy atom. The fourth-order valence-corrected chi connectivity index (χ4v) is 4.46. The van der Waals surface area contributed by atoms with Crippen molar-refractivity contribution in [1.29, 1.82) is 0 Å². The smallest absolute Gasteiger partial charge is 0.221 e. The van der Waals surface area contributed by atoms with Crippen LogP contribution in [0.5, 0.6) is 0 Å². The molecule has 3 N–H and O–H groups in total. The van der Waals surface area contributed by atoms with Crippen LogP contribution in [0, 0.1) is 11.8 Å². The Bertz CT molecular complexity index is 1170. The van der Waals surface area contributed by atoms with Crippen LogP contribution in [-0.2, 0) is 0 Å². The summed E-state index contributed by atoms with van der Waals surface area (Å²) in [4.78, 5) is 15.7. The molecule has 3 aromatic heterocycles. The van der Waals surface area contributed by atoms with Crippen molar-refractivity contribution in [3.63, 3.8) is 0 Å². The number of aliphatic hydroxyl groups is 1. The number of nitrogens with two attached hydrogens (primary N) is 1. The van der Waals surface area contributed by atoms with Crippen LogP contribution < -0.4 is 5.73 Å². The summed E-state index contributed by atoms with van der Waals surface area (Å²) in [5.41, 5.74) is 7.70. The van der Waals surface area contributed by atoms with Crippen LogP contribution in [0.2, 0.25) is 0 Å². The summed E-state index contributed by atoms with van der Waals surface area (Å²) in [5, 5.41) is 11.1. The lowest BCUT2D eigenvalue weighted by Crippen LogP contribution is -2.34. The van der Waals surface area contributed by atoms with E-state index in [1.807, 2.05) is 18.3 Å². The highest BCUT2D eigenvalue weighted by molar-refractivity contribution is 5.86. The van der Waals surface area contributed by atoms with Gasteiger partial charge in [-0.15, -0.1) is 0 Å². The Morgan fingerprint density at radius 3 is 2.61 bits per heavy atom. The van der Waals surface area contributed by atoms with Gasteiger partial charge in [0, 0.05) is 30.0 Å². The average molecular weight is 417 g/mol. The molecule has 31 heavy (non-hydrogen) atoms. The molecular formula is C24H28N6O. The molecule has 0 amide bonds. The van der Waals surface area contributed by atoms with Gasteiger partial charge in [-0.1, -0.05) is 5.92 Å². The van der Waals surface area contributed by atoms with Gasteiger partial charge in [-0.2, -0.15) is 4.98 Å². The molecule has 3 aromatic rings. The first-order chi connectivity index (χ1) is 14.9. The highest BCUT2D eigenvalue weighted by Crippen LogP contribution is 2.38. The lowest BCUT2D eigenvalue weighted by atomic mass is 9.89. The molecule has 0 bridgehead atoms. The Labute approximate surface area is 182 Å². The summed E-state index contributed by atoms with van der Waals surface area (Å²) in [6.07, 6.45) is 10.8. The average Bonchev–Trinajstić information content (AvgIpc) is 3.52. The number of anilines is 1. The molecule has 7 heteroatoms. The third-order valence-corrected chi connectivity index (χ3v) is 6.16. The van der Waals surface area contributed by atoms with Crippen molar-refractivity contribution >= 4 is 16.9 Å². The summed E-state index contributed by atoms with van der Waals surface area (Å²) < 4.78 is 2.06. The van der Waals surface area contributed by atoms with Crippen LogP contribution in [0.15, 0.2) is 30.7 Å². The molecule has 0 unspecified atom stereocenters. The number of nitrogens with zero attached hydrogens (tertiary/aromatic N) is 5. The van der Waals surface area contributed by atoms with Crippen LogP contribution in [0.3, 0.4) is 0 Å². The van der Waals surface area contributed by atoms with Gasteiger partial charge in [-0.3, -0.25) is 0 Å². The number of nitrogen functional groups attached to an aromatic ring is 1. The second kappa shape index (κ2) is 7.63. The molecule has 0 aromatic carbocycles. The summed E-state index contributed by atoms with van der Waals surface area (Å²) >= 11 is 0. The molecule has 7 nitrogen and oxygen atoms in total. The van der Waals surface area contributed by atoms with Gasteiger partial charge in [0.2, 0.25) is 5.95 Å². The molecule has 1 saturated carbocycles. The fraction of sp³-hybridized carbons (Fsp3) is 0.458. The molecule has 0 spiro atoms. The summed E-state index contributed by atoms with van der Waals surface area (Å²) in [7, 11) is 0. The summed E-state index contributed by atoms with van der Waals surface area (Å²) in [5.74, 6) is 7.30. The molecular weight excluding hydrogens is 388 g/mol. The van der Waals surface area contributed by atoms with Crippen molar-refractivity contribution in [3.05, 3.63) is 42.0 Å². The molecule has 1 saturated heterocycles. The molecule has 5 rings (SSSR count). The zero-order valence-corrected chi connectivity index (χ0v) is 18.0. The van der Waals surface area contributed by atoms with Gasteiger partial charge < -0.3 is 20.3 Å². The maximum atomic E-state index is 9.95. The number of hydrogen-bond acceptors (Lipinski definition) is 6. The Balaban J connectivity index is 1.56. The second-order valence-corrected chi connectivity index (χ2v) is 9.16. The minimum absolute atomic E-state index is 0.245. The van der Waals surface area contributed by atoms with Crippen LogP contribution in [0.4, 0.5) is 5.95 Å². The normalized spacial score (nSPS) is 18.2. The number of pyridine rings is 1. The van der Waals surface area contributed by atoms with Crippen molar-refractivity contribution in [2.75, 3.05) is 18.8 Å². The SMILES string of the molecule is CC(C)(O)C#Cc1cc2c(cn1)c(C1CCN(C3CC3)CC1)cn2-c1ccnc(N)n1. The number of rotatable bonds is 3. The van der Waals surface area contributed by atoms with Crippen molar-refractivity contribution in [1.82, 2.24) is 24.4 Å². The van der Waals surface area contributed by atoms with Gasteiger partial charge >= 0.3 is 0 Å². The van der Waals surface area contributed by atoms with Crippen molar-refractivity contribution in [2.45, 2.75) is 57.1 Å². The molecule has 2 aliphatic rings. The first-order valence-electron chi connectivity index (χ1n) is 11.0. The zero-order valence-electron chi connectivity index (χ0n) is 18.0. The standard InChI is InChI=1S/C24H28N6O/c1-24(2,31)9-5-17-13-21-19(14-27-17)20(15-30(21)22-6-10-26-23(25)28-22)16-7-11-29(12-8-16)18-3-4-18/h6,10,13-16,18,31H,3-4,7-8,11-12H2,1-2H3,(H2,25,26,28). The minimum Gasteiger partial charge on any atom is -0.378 e. The third kappa shape index (κ3) is 4.27. The van der Waals surface area contributed by atoms with E-state index < -0.39 is 5.60 Å². The highest BCUT2D eigenvalue weighted by Gasteiger charge is 2.33. The van der Waals surface area contributed by atoms with E-state index >= 15 is 0 Å². The number of aromatic nitrogens is 4. The quantitative estimate of drug-likeness (QED) is 0.638. The predicted molar refractivity (Wildman–Crippen MR) is 121 cm³/mol. The van der Waals surface area contributed by atoms with Crippen molar-refractivity contribution in [2.24, 2.45) is 0 Å². The first kappa shape index (κ1) is 20.0. The van der Waals surface area contributed by atoms with Gasteiger partial charge in [0.25, 0.3) is 0 Å². The maximum absolute atomic E-state index is 9.95. The van der Waals surface area contributed by atoms with Gasteiger partial charge in [-0.05, 0) is 82.2 Å². The van der Waals surface area contributed by atoms with Crippen LogP contribution >= 0.6 is 0 Å². The molecule has 0 atom stereocenters. The zero-order chi connectivity index (χ0) is 21.6. The first-order valence-corrected chi connectivity index (χ1v) is 11.0. The van der Waals surface area contributed by atoms with E-state index in [0.717, 1.165) is 48.7 Å². The summed E-state index contributed by atoms with van der Waals surface area (Å²) in [6, 6.07) is 4.65. The van der Waals surface area contributed by atoms with Gasteiger partial charge in [0.1, 0.15) is 17.1 Å². The van der Waals surface area contributed by atoms with Crippen molar-refractivity contribution in [3.8, 4) is 17.7 Å². The topological polar surface area (TPSA) is 93.1 Å². The van der Waals surface area contributed by atoms with Gasteiger partial charge in [-0.25, -0.2) is 9.97 Å². The van der Waals surface area contributed by atoms with Gasteiger partial charge in [0.05, 0.1) is 5.52 Å². The molecule has 2 fully saturated rings. The van der Waals surface area contributed by atoms with Gasteiger partial charge in [0.15, 0.2) is 0 Å². The van der Waals surface area contributed by atoms with E-state index in [2.05, 4.69) is 42.5 Å². The lowest BCUT2D eigenvalue weighted by Gasteiger charge is -2.31. The molecule has 4 heterocycles. The monoisotopic (exact) mass is 416 g/mol. The molecule has 160 valence electrons. The fourth-order valence-electron chi connectivity index (χ4n) is 4.46. The molecule has 0 radical (unpaired) electrons. The van der Waals surface area contributed by atoms with Crippen LogP contribution in [-0.4, -0.2) is 54.3 Å². The highest BCUT2D eigenvalue weighted by atomic mass is 16.3. The maximum Gasteiger partial charge on any atom is 0.221 e. The van der Waals surface area contributed by atoms with E-state index in [1.165, 1.54) is 18.4 Å². The van der Waals surface area contributed by atoms with Crippen LogP contribution in [0.25, 0.3) is 16.7 Å². The second-order valence-electron chi connectivity index (χ2n) is 9.16. The van der Waals surface area contributed by atoms with E-state index in [-0.39, 0.29) is 5.95 Å². The Kier molecular flexibility index (Phi) is 4.92. The van der Waals surface area contributed by atoms with Crippen molar-refractivity contribution < 1.29 is 5.11 Å². The summed E-state index contributed by atoms with van der Waals surface area (Å²) in [6.45, 7) is 5.64. The van der Waals surface area contributed by atoms with E-state index in [1.54, 1.807) is 20.0 Å². The number of piperidine rings is 1. The number of fused-ring (bicyclic) bond motifs is 1. The largest absolute Gasteiger partial charge is 0.378 e. The number of hydrogen-bond donors (Lipinski definition) is 2. The van der Waals surface area contributed by atoms with E-state index in [4.69, 9.17) is 5.73 Å².